The normalized spacial score (nSPS) is 21.4. The van der Waals surface area contributed by atoms with Gasteiger partial charge >= 0.3 is 0 Å². The van der Waals surface area contributed by atoms with Crippen molar-refractivity contribution in [1.29, 1.82) is 0 Å². The number of hydrogen-bond acceptors (Lipinski definition) is 7. The number of rotatable bonds is 9. The summed E-state index contributed by atoms with van der Waals surface area (Å²) in [5.41, 5.74) is 9.07. The third-order valence-electron chi connectivity index (χ3n) is 8.78. The lowest BCUT2D eigenvalue weighted by atomic mass is 9.84. The van der Waals surface area contributed by atoms with Gasteiger partial charge in [0.1, 0.15) is 11.6 Å². The maximum atomic E-state index is 12.3. The van der Waals surface area contributed by atoms with Crippen LogP contribution in [0.1, 0.15) is 67.8 Å². The van der Waals surface area contributed by atoms with Crippen molar-refractivity contribution < 1.29 is 19.1 Å². The smallest absolute Gasteiger partial charge is 0.252 e. The van der Waals surface area contributed by atoms with Crippen molar-refractivity contribution in [2.24, 2.45) is 17.1 Å². The van der Waals surface area contributed by atoms with E-state index in [-0.39, 0.29) is 29.5 Å². The topological polar surface area (TPSA) is 133 Å². The summed E-state index contributed by atoms with van der Waals surface area (Å²) < 4.78 is 13.8. The van der Waals surface area contributed by atoms with E-state index in [1.54, 1.807) is 20.3 Å². The Bertz CT molecular complexity index is 1430. The number of nitrogens with two attached hydrogens (primary N) is 1. The van der Waals surface area contributed by atoms with E-state index < -0.39 is 5.91 Å². The third kappa shape index (κ3) is 5.03. The molecular weight excluding hydrogens is 508 g/mol. The van der Waals surface area contributed by atoms with Gasteiger partial charge in [-0.25, -0.2) is 4.98 Å². The zero-order chi connectivity index (χ0) is 27.9. The van der Waals surface area contributed by atoms with Gasteiger partial charge in [0.15, 0.2) is 0 Å². The number of pyridine rings is 1. The third-order valence-corrected chi connectivity index (χ3v) is 8.78. The lowest BCUT2D eigenvalue weighted by Gasteiger charge is -2.22. The molecule has 40 heavy (non-hydrogen) atoms. The Kier molecular flexibility index (Phi) is 6.95. The van der Waals surface area contributed by atoms with Gasteiger partial charge in [-0.15, -0.1) is 0 Å². The predicted molar refractivity (Wildman–Crippen MR) is 152 cm³/mol. The average molecular weight is 545 g/mol. The number of nitrogens with zero attached hydrogens (tertiary/aromatic N) is 3. The largest absolute Gasteiger partial charge is 0.494 e. The van der Waals surface area contributed by atoms with Gasteiger partial charge in [-0.3, -0.25) is 14.3 Å². The highest BCUT2D eigenvalue weighted by Gasteiger charge is 2.47. The summed E-state index contributed by atoms with van der Waals surface area (Å²) in [6.45, 7) is 0. The SMILES string of the molecule is COc1c(Nc2cc(NC(=O)C3CC3)ncc2C(N)=O)cccc1-c1cnn([C@@H]2CC3(CCCC3)C[C@@H]2OC)c1. The van der Waals surface area contributed by atoms with Crippen LogP contribution in [0.25, 0.3) is 11.1 Å². The molecule has 0 bridgehead atoms. The van der Waals surface area contributed by atoms with E-state index >= 15 is 0 Å². The number of primary amides is 1. The van der Waals surface area contributed by atoms with Crippen molar-refractivity contribution >= 4 is 29.0 Å². The number of carbonyl (C=O) groups is 2. The summed E-state index contributed by atoms with van der Waals surface area (Å²) in [5, 5.41) is 10.9. The molecule has 6 rings (SSSR count). The molecule has 3 aliphatic rings. The number of para-hydroxylation sites is 1. The first-order valence-electron chi connectivity index (χ1n) is 14.0. The molecular formula is C30H36N6O4. The Morgan fingerprint density at radius 2 is 1.90 bits per heavy atom. The zero-order valence-corrected chi connectivity index (χ0v) is 23.0. The van der Waals surface area contributed by atoms with Gasteiger partial charge in [-0.05, 0) is 50.0 Å². The zero-order valence-electron chi connectivity index (χ0n) is 23.0. The Labute approximate surface area is 233 Å². The molecule has 3 aromatic rings. The van der Waals surface area contributed by atoms with Gasteiger partial charge in [0.05, 0.1) is 42.4 Å². The minimum Gasteiger partial charge on any atom is -0.494 e. The highest BCUT2D eigenvalue weighted by atomic mass is 16.5. The molecule has 1 aromatic carbocycles. The van der Waals surface area contributed by atoms with E-state index in [0.29, 0.717) is 28.4 Å². The van der Waals surface area contributed by atoms with Crippen molar-refractivity contribution in [2.45, 2.75) is 63.5 Å². The molecule has 3 saturated carbocycles. The number of anilines is 3. The Morgan fingerprint density at radius 3 is 2.60 bits per heavy atom. The van der Waals surface area contributed by atoms with E-state index in [1.807, 2.05) is 24.4 Å². The fraction of sp³-hybridized carbons (Fsp3) is 0.467. The van der Waals surface area contributed by atoms with Crippen LogP contribution in [-0.4, -0.2) is 46.9 Å². The number of hydrogen-bond donors (Lipinski definition) is 3. The minimum atomic E-state index is -0.629. The first kappa shape index (κ1) is 26.3. The lowest BCUT2D eigenvalue weighted by molar-refractivity contribution is -0.117. The standard InChI is InChI=1S/C30H36N6O4/c1-39-25-14-30(10-3-4-11-30)13-24(25)36-17-19(15-33-36)20-6-5-7-22(27(20)40-2)34-23-12-26(32-16-21(23)28(31)37)35-29(38)18-8-9-18/h5-7,12,15-18,24-25H,3-4,8-11,13-14H2,1-2H3,(H2,31,37)(H2,32,34,35,38)/t24-,25+/m1/s1. The molecule has 2 amide bonds. The lowest BCUT2D eigenvalue weighted by Crippen LogP contribution is -2.20. The fourth-order valence-corrected chi connectivity index (χ4v) is 6.54. The second-order valence-corrected chi connectivity index (χ2v) is 11.4. The molecule has 0 saturated heterocycles. The van der Waals surface area contributed by atoms with Crippen molar-refractivity contribution in [3.05, 3.63) is 48.4 Å². The summed E-state index contributed by atoms with van der Waals surface area (Å²) in [5.74, 6) is 0.276. The number of nitrogens with one attached hydrogen (secondary N) is 2. The van der Waals surface area contributed by atoms with Crippen LogP contribution in [0.5, 0.6) is 5.75 Å². The van der Waals surface area contributed by atoms with Gasteiger partial charge in [-0.1, -0.05) is 25.0 Å². The molecule has 3 fully saturated rings. The molecule has 2 atom stereocenters. The summed E-state index contributed by atoms with van der Waals surface area (Å²) in [6, 6.07) is 7.58. The quantitative estimate of drug-likeness (QED) is 0.343. The van der Waals surface area contributed by atoms with Crippen molar-refractivity contribution in [1.82, 2.24) is 14.8 Å². The van der Waals surface area contributed by atoms with Crippen molar-refractivity contribution in [3.8, 4) is 16.9 Å². The minimum absolute atomic E-state index is 0.0267. The van der Waals surface area contributed by atoms with E-state index in [1.165, 1.54) is 31.9 Å². The Hall–Kier alpha value is -3.92. The fourth-order valence-electron chi connectivity index (χ4n) is 6.54. The number of carbonyl (C=O) groups excluding carboxylic acids is 2. The van der Waals surface area contributed by atoms with Crippen LogP contribution in [0.2, 0.25) is 0 Å². The van der Waals surface area contributed by atoms with Gasteiger partial charge in [0, 0.05) is 42.6 Å². The van der Waals surface area contributed by atoms with Gasteiger partial charge in [-0.2, -0.15) is 5.10 Å². The van der Waals surface area contributed by atoms with Crippen LogP contribution in [0, 0.1) is 11.3 Å². The molecule has 0 aliphatic heterocycles. The molecule has 2 aromatic heterocycles. The molecule has 4 N–H and O–H groups in total. The maximum Gasteiger partial charge on any atom is 0.252 e. The molecule has 3 aliphatic carbocycles. The number of benzene rings is 1. The highest BCUT2D eigenvalue weighted by molar-refractivity contribution is 6.01. The van der Waals surface area contributed by atoms with Gasteiger partial charge in [0.2, 0.25) is 5.91 Å². The van der Waals surface area contributed by atoms with E-state index in [2.05, 4.69) is 26.5 Å². The second-order valence-electron chi connectivity index (χ2n) is 11.4. The van der Waals surface area contributed by atoms with E-state index in [4.69, 9.17) is 20.3 Å². The molecule has 10 nitrogen and oxygen atoms in total. The average Bonchev–Trinajstić information content (AvgIpc) is 3.35. The summed E-state index contributed by atoms with van der Waals surface area (Å²) in [6.07, 6.45) is 14.5. The molecule has 210 valence electrons. The summed E-state index contributed by atoms with van der Waals surface area (Å²) in [4.78, 5) is 28.7. The summed E-state index contributed by atoms with van der Waals surface area (Å²) in [7, 11) is 3.41. The number of aromatic nitrogens is 3. The Balaban J connectivity index is 1.28. The molecule has 1 spiro atoms. The van der Waals surface area contributed by atoms with Crippen LogP contribution < -0.4 is 21.1 Å². The monoisotopic (exact) mass is 544 g/mol. The first-order valence-corrected chi connectivity index (χ1v) is 14.0. The molecule has 10 heteroatoms. The van der Waals surface area contributed by atoms with E-state index in [0.717, 1.165) is 36.8 Å². The second kappa shape index (κ2) is 10.6. The first-order chi connectivity index (χ1) is 19.4. The van der Waals surface area contributed by atoms with E-state index in [9.17, 15) is 9.59 Å². The molecule has 0 unspecified atom stereocenters. The molecule has 0 radical (unpaired) electrons. The van der Waals surface area contributed by atoms with Crippen LogP contribution in [0.3, 0.4) is 0 Å². The van der Waals surface area contributed by atoms with Crippen molar-refractivity contribution in [2.75, 3.05) is 24.9 Å². The van der Waals surface area contributed by atoms with Crippen molar-refractivity contribution in [3.63, 3.8) is 0 Å². The predicted octanol–water partition coefficient (Wildman–Crippen LogP) is 5.06. The highest BCUT2D eigenvalue weighted by Crippen LogP contribution is 2.55. The van der Waals surface area contributed by atoms with Gasteiger partial charge < -0.3 is 25.8 Å². The Morgan fingerprint density at radius 1 is 1.10 bits per heavy atom. The maximum absolute atomic E-state index is 12.3. The van der Waals surface area contributed by atoms with Crippen LogP contribution in [0.4, 0.5) is 17.2 Å². The number of amides is 2. The number of ether oxygens (including phenoxy) is 2. The number of methoxy groups -OCH3 is 2. The summed E-state index contributed by atoms with van der Waals surface area (Å²) >= 11 is 0. The molecule has 2 heterocycles. The van der Waals surface area contributed by atoms with Gasteiger partial charge in [0.25, 0.3) is 5.91 Å². The van der Waals surface area contributed by atoms with Crippen LogP contribution in [0.15, 0.2) is 42.9 Å². The van der Waals surface area contributed by atoms with Crippen LogP contribution >= 0.6 is 0 Å². The van der Waals surface area contributed by atoms with Crippen LogP contribution in [-0.2, 0) is 9.53 Å².